The molecule has 7 nitrogen and oxygen atoms in total. The standard InChI is InChI=1S/C33H40F3N5O2.2ClH/c1-32(2)23-43-16-15-40(32)12-8-7-11-39-13-14-41(28(22-39)19-25-21-37-30-10-6-5-9-29(25)30)31(42)24-17-26(33(34,35)36)20-27(18-24)38(3)4;;/h5-6,9-10,17-18,20-21,28,37H,11-16,19,22-23H2,1-4H3;2*1H/t28-;;/m1../s1. The van der Waals surface area contributed by atoms with Crippen LogP contribution in [0, 0.1) is 11.8 Å². The number of aromatic nitrogens is 1. The number of benzene rings is 2. The summed E-state index contributed by atoms with van der Waals surface area (Å²) in [6, 6.07) is 11.4. The molecular formula is C33H42Cl2F3N5O2. The predicted octanol–water partition coefficient (Wildman–Crippen LogP) is 5.58. The molecule has 0 unspecified atom stereocenters. The molecule has 2 aliphatic rings. The lowest BCUT2D eigenvalue weighted by Crippen LogP contribution is -2.56. The summed E-state index contributed by atoms with van der Waals surface area (Å²) in [4.78, 5) is 25.1. The molecule has 2 aliphatic heterocycles. The number of H-pyrrole nitrogens is 1. The Bertz CT molecular complexity index is 1520. The molecule has 45 heavy (non-hydrogen) atoms. The molecule has 3 aromatic rings. The van der Waals surface area contributed by atoms with Crippen molar-refractivity contribution in [3.8, 4) is 11.8 Å². The molecule has 246 valence electrons. The molecule has 2 fully saturated rings. The van der Waals surface area contributed by atoms with Crippen molar-refractivity contribution >= 4 is 47.3 Å². The van der Waals surface area contributed by atoms with Gasteiger partial charge in [0, 0.05) is 80.2 Å². The highest BCUT2D eigenvalue weighted by molar-refractivity contribution is 5.96. The van der Waals surface area contributed by atoms with E-state index >= 15 is 0 Å². The molecule has 2 aromatic carbocycles. The van der Waals surface area contributed by atoms with E-state index in [1.165, 1.54) is 0 Å². The SMILES string of the molecule is CN(C)c1cc(C(=O)N2CCN(CC#CCN3CCOCC3(C)C)C[C@H]2Cc2c[nH]c3ccccc23)cc(C(F)(F)F)c1.Cl.Cl. The molecule has 12 heteroatoms. The van der Waals surface area contributed by atoms with Crippen LogP contribution in [-0.2, 0) is 17.3 Å². The number of piperazine rings is 1. The zero-order valence-corrected chi connectivity index (χ0v) is 27.7. The lowest BCUT2D eigenvalue weighted by atomic mass is 9.99. The zero-order chi connectivity index (χ0) is 30.8. The molecule has 0 bridgehead atoms. The molecule has 0 spiro atoms. The van der Waals surface area contributed by atoms with Gasteiger partial charge in [-0.1, -0.05) is 30.0 Å². The van der Waals surface area contributed by atoms with Gasteiger partial charge < -0.3 is 19.5 Å². The van der Waals surface area contributed by atoms with E-state index in [4.69, 9.17) is 4.74 Å². The normalized spacial score (nSPS) is 18.8. The van der Waals surface area contributed by atoms with Crippen molar-refractivity contribution in [1.29, 1.82) is 0 Å². The van der Waals surface area contributed by atoms with Gasteiger partial charge >= 0.3 is 6.18 Å². The Balaban J connectivity index is 0.00000276. The first-order valence-corrected chi connectivity index (χ1v) is 14.7. The maximum absolute atomic E-state index is 13.9. The number of morpholine rings is 1. The number of carbonyl (C=O) groups is 1. The van der Waals surface area contributed by atoms with Gasteiger partial charge in [-0.2, -0.15) is 13.2 Å². The summed E-state index contributed by atoms with van der Waals surface area (Å²) in [6.07, 6.45) is -2.02. The molecule has 5 rings (SSSR count). The van der Waals surface area contributed by atoms with Crippen molar-refractivity contribution in [2.75, 3.05) is 71.5 Å². The second-order valence-corrected chi connectivity index (χ2v) is 12.3. The molecule has 1 N–H and O–H groups in total. The lowest BCUT2D eigenvalue weighted by molar-refractivity contribution is -0.137. The fraction of sp³-hybridized carbons (Fsp3) is 0.485. The summed E-state index contributed by atoms with van der Waals surface area (Å²) in [5, 5.41) is 1.08. The number of halogens is 5. The van der Waals surface area contributed by atoms with Crippen LogP contribution in [-0.4, -0.2) is 104 Å². The number of nitrogens with zero attached hydrogens (tertiary/aromatic N) is 4. The summed E-state index contributed by atoms with van der Waals surface area (Å²) in [6.45, 7) is 9.34. The number of alkyl halides is 3. The van der Waals surface area contributed by atoms with Gasteiger partial charge in [-0.25, -0.2) is 0 Å². The quantitative estimate of drug-likeness (QED) is 0.348. The Labute approximate surface area is 275 Å². The molecule has 0 aliphatic carbocycles. The first kappa shape index (κ1) is 36.5. The number of nitrogens with one attached hydrogen (secondary N) is 1. The highest BCUT2D eigenvalue weighted by atomic mass is 35.5. The largest absolute Gasteiger partial charge is 0.416 e. The summed E-state index contributed by atoms with van der Waals surface area (Å²) in [7, 11) is 3.34. The van der Waals surface area contributed by atoms with Gasteiger partial charge in [-0.05, 0) is 50.1 Å². The first-order chi connectivity index (χ1) is 20.4. The first-order valence-electron chi connectivity index (χ1n) is 14.7. The summed E-state index contributed by atoms with van der Waals surface area (Å²) >= 11 is 0. The van der Waals surface area contributed by atoms with Gasteiger partial charge in [0.15, 0.2) is 0 Å². The van der Waals surface area contributed by atoms with E-state index in [2.05, 4.69) is 40.5 Å². The Morgan fingerprint density at radius 2 is 1.80 bits per heavy atom. The maximum Gasteiger partial charge on any atom is 0.416 e. The van der Waals surface area contributed by atoms with Gasteiger partial charge in [0.05, 0.1) is 31.9 Å². The van der Waals surface area contributed by atoms with Crippen LogP contribution >= 0.6 is 24.8 Å². The third kappa shape index (κ3) is 8.66. The van der Waals surface area contributed by atoms with E-state index in [0.29, 0.717) is 58.0 Å². The molecule has 1 amide bonds. The lowest BCUT2D eigenvalue weighted by Gasteiger charge is -2.41. The highest BCUT2D eigenvalue weighted by Gasteiger charge is 2.35. The number of anilines is 1. The average molecular weight is 669 g/mol. The van der Waals surface area contributed by atoms with Crippen LogP contribution in [0.25, 0.3) is 10.9 Å². The number of aromatic amines is 1. The van der Waals surface area contributed by atoms with Crippen LogP contribution in [0.2, 0.25) is 0 Å². The van der Waals surface area contributed by atoms with Gasteiger partial charge in [0.25, 0.3) is 5.91 Å². The van der Waals surface area contributed by atoms with Gasteiger partial charge in [0.2, 0.25) is 0 Å². The number of para-hydroxylation sites is 1. The molecule has 0 saturated carbocycles. The number of fused-ring (bicyclic) bond motifs is 1. The smallest absolute Gasteiger partial charge is 0.378 e. The predicted molar refractivity (Wildman–Crippen MR) is 178 cm³/mol. The molecule has 0 radical (unpaired) electrons. The van der Waals surface area contributed by atoms with E-state index in [1.807, 2.05) is 30.5 Å². The minimum Gasteiger partial charge on any atom is -0.378 e. The number of hydrogen-bond acceptors (Lipinski definition) is 5. The van der Waals surface area contributed by atoms with E-state index in [0.717, 1.165) is 35.1 Å². The van der Waals surface area contributed by atoms with Crippen molar-refractivity contribution < 1.29 is 22.7 Å². The van der Waals surface area contributed by atoms with E-state index in [9.17, 15) is 18.0 Å². The molecule has 1 atom stereocenters. The van der Waals surface area contributed by atoms with Gasteiger partial charge in [-0.3, -0.25) is 14.6 Å². The minimum atomic E-state index is -4.56. The average Bonchev–Trinajstić information content (AvgIpc) is 3.37. The Hall–Kier alpha value is -2.94. The second-order valence-electron chi connectivity index (χ2n) is 12.3. The van der Waals surface area contributed by atoms with Crippen LogP contribution in [0.5, 0.6) is 0 Å². The number of carbonyl (C=O) groups excluding carboxylic acids is 1. The number of hydrogen-bond donors (Lipinski definition) is 1. The van der Waals surface area contributed by atoms with E-state index < -0.39 is 11.7 Å². The number of rotatable bonds is 6. The molecule has 2 saturated heterocycles. The minimum absolute atomic E-state index is 0. The number of amides is 1. The fourth-order valence-corrected chi connectivity index (χ4v) is 5.88. The molecule has 1 aromatic heterocycles. The van der Waals surface area contributed by atoms with Crippen molar-refractivity contribution in [2.45, 2.75) is 38.0 Å². The Kier molecular flexibility index (Phi) is 12.3. The van der Waals surface area contributed by atoms with E-state index in [1.54, 1.807) is 30.0 Å². The zero-order valence-electron chi connectivity index (χ0n) is 26.1. The van der Waals surface area contributed by atoms with Crippen molar-refractivity contribution in [2.24, 2.45) is 0 Å². The third-order valence-corrected chi connectivity index (χ3v) is 8.48. The second kappa shape index (κ2) is 15.1. The number of ether oxygens (including phenoxy) is 1. The topological polar surface area (TPSA) is 55.1 Å². The van der Waals surface area contributed by atoms with E-state index in [-0.39, 0.29) is 47.9 Å². The van der Waals surface area contributed by atoms with Gasteiger partial charge in [-0.15, -0.1) is 24.8 Å². The maximum atomic E-state index is 13.9. The van der Waals surface area contributed by atoms with Crippen LogP contribution in [0.1, 0.15) is 35.3 Å². The van der Waals surface area contributed by atoms with Gasteiger partial charge in [0.1, 0.15) is 0 Å². The Morgan fingerprint density at radius 1 is 1.07 bits per heavy atom. The molecule has 3 heterocycles. The van der Waals surface area contributed by atoms with Crippen molar-refractivity contribution in [3.63, 3.8) is 0 Å². The van der Waals surface area contributed by atoms with Crippen molar-refractivity contribution in [3.05, 3.63) is 65.4 Å². The van der Waals surface area contributed by atoms with Crippen LogP contribution in [0.15, 0.2) is 48.7 Å². The summed E-state index contributed by atoms with van der Waals surface area (Å²) in [5.41, 5.74) is 1.58. The van der Waals surface area contributed by atoms with Crippen LogP contribution in [0.3, 0.4) is 0 Å². The summed E-state index contributed by atoms with van der Waals surface area (Å²) < 4.78 is 46.9. The van der Waals surface area contributed by atoms with Crippen LogP contribution in [0.4, 0.5) is 18.9 Å². The monoisotopic (exact) mass is 667 g/mol. The highest BCUT2D eigenvalue weighted by Crippen LogP contribution is 2.33. The summed E-state index contributed by atoms with van der Waals surface area (Å²) in [5.74, 6) is 6.25. The Morgan fingerprint density at radius 3 is 2.51 bits per heavy atom. The van der Waals surface area contributed by atoms with Crippen molar-refractivity contribution in [1.82, 2.24) is 19.7 Å². The fourth-order valence-electron chi connectivity index (χ4n) is 5.88. The third-order valence-electron chi connectivity index (χ3n) is 8.48. The molecular weight excluding hydrogens is 626 g/mol. The van der Waals surface area contributed by atoms with Crippen LogP contribution < -0.4 is 4.90 Å².